The Balaban J connectivity index is 1.42. The fourth-order valence-corrected chi connectivity index (χ4v) is 4.70. The van der Waals surface area contributed by atoms with Crippen molar-refractivity contribution < 1.29 is 13.2 Å². The van der Waals surface area contributed by atoms with Crippen LogP contribution in [0.4, 0.5) is 0 Å². The van der Waals surface area contributed by atoms with Crippen molar-refractivity contribution in [1.29, 1.82) is 0 Å². The monoisotopic (exact) mass is 347 g/mol. The number of aromatic nitrogens is 1. The second kappa shape index (κ2) is 5.32. The molecule has 1 saturated heterocycles. The van der Waals surface area contributed by atoms with Crippen LogP contribution in [0.25, 0.3) is 10.9 Å². The smallest absolute Gasteiger partial charge is 0.253 e. The molecule has 1 atom stereocenters. The molecule has 6 nitrogen and oxygen atoms in total. The molecule has 7 heteroatoms. The third-order valence-electron chi connectivity index (χ3n) is 5.39. The Kier molecular flexibility index (Phi) is 3.47. The van der Waals surface area contributed by atoms with Crippen molar-refractivity contribution in [3.8, 4) is 0 Å². The van der Waals surface area contributed by atoms with Crippen LogP contribution in [-0.2, 0) is 10.0 Å². The normalized spacial score (nSPS) is 22.9. The summed E-state index contributed by atoms with van der Waals surface area (Å²) in [6.45, 7) is 1.37. The number of H-pyrrole nitrogens is 1. The maximum atomic E-state index is 12.7. The van der Waals surface area contributed by atoms with E-state index in [1.54, 1.807) is 0 Å². The zero-order chi connectivity index (χ0) is 16.9. The summed E-state index contributed by atoms with van der Waals surface area (Å²) in [4.78, 5) is 17.7. The Hall–Kier alpha value is -1.86. The zero-order valence-electron chi connectivity index (χ0n) is 13.6. The summed E-state index contributed by atoms with van der Waals surface area (Å²) in [5, 5.41) is 1.04. The van der Waals surface area contributed by atoms with E-state index >= 15 is 0 Å². The van der Waals surface area contributed by atoms with E-state index in [1.807, 2.05) is 35.4 Å². The third kappa shape index (κ3) is 2.82. The molecule has 2 heterocycles. The molecule has 2 aromatic rings. The van der Waals surface area contributed by atoms with Gasteiger partial charge in [-0.1, -0.05) is 0 Å². The van der Waals surface area contributed by atoms with E-state index in [0.29, 0.717) is 18.7 Å². The summed E-state index contributed by atoms with van der Waals surface area (Å²) >= 11 is 0. The van der Waals surface area contributed by atoms with E-state index < -0.39 is 10.0 Å². The lowest BCUT2D eigenvalue weighted by Crippen LogP contribution is -2.41. The van der Waals surface area contributed by atoms with Gasteiger partial charge in [-0.3, -0.25) is 4.79 Å². The van der Waals surface area contributed by atoms with Crippen LogP contribution >= 0.6 is 0 Å². The highest BCUT2D eigenvalue weighted by Gasteiger charge is 2.56. The highest BCUT2D eigenvalue weighted by molar-refractivity contribution is 7.88. The number of carbonyl (C=O) groups excluding carboxylic acids is 1. The Morgan fingerprint density at radius 2 is 2.04 bits per heavy atom. The van der Waals surface area contributed by atoms with Crippen molar-refractivity contribution in [3.05, 3.63) is 36.0 Å². The van der Waals surface area contributed by atoms with E-state index in [0.717, 1.165) is 30.2 Å². The Morgan fingerprint density at radius 1 is 1.29 bits per heavy atom. The lowest BCUT2D eigenvalue weighted by molar-refractivity contribution is 0.0674. The second-order valence-corrected chi connectivity index (χ2v) is 8.86. The quantitative estimate of drug-likeness (QED) is 0.887. The Labute approximate surface area is 141 Å². The summed E-state index contributed by atoms with van der Waals surface area (Å²) < 4.78 is 25.5. The van der Waals surface area contributed by atoms with E-state index in [9.17, 15) is 13.2 Å². The van der Waals surface area contributed by atoms with Crippen molar-refractivity contribution in [3.63, 3.8) is 0 Å². The Morgan fingerprint density at radius 3 is 2.75 bits per heavy atom. The summed E-state index contributed by atoms with van der Waals surface area (Å²) in [5.74, 6) is 0.0567. The van der Waals surface area contributed by atoms with Gasteiger partial charge in [-0.25, -0.2) is 13.1 Å². The maximum Gasteiger partial charge on any atom is 0.253 e. The van der Waals surface area contributed by atoms with Gasteiger partial charge in [-0.15, -0.1) is 0 Å². The molecule has 1 spiro atoms. The molecule has 1 aliphatic carbocycles. The summed E-state index contributed by atoms with van der Waals surface area (Å²) in [7, 11) is -3.16. The number of fused-ring (bicyclic) bond motifs is 1. The van der Waals surface area contributed by atoms with E-state index in [1.165, 1.54) is 6.26 Å². The first-order chi connectivity index (χ1) is 11.4. The van der Waals surface area contributed by atoms with Crippen LogP contribution in [0.15, 0.2) is 30.5 Å². The molecule has 1 amide bonds. The topological polar surface area (TPSA) is 82.3 Å². The van der Waals surface area contributed by atoms with Gasteiger partial charge in [0.15, 0.2) is 0 Å². The molecular weight excluding hydrogens is 326 g/mol. The standard InChI is InChI=1S/C17H21N3O3S/c1-24(22,23)19-15-11-17(15)5-8-20(9-6-17)16(21)13-2-3-14-12(10-13)4-7-18-14/h2-4,7,10,15,18-19H,5-6,8-9,11H2,1H3. The largest absolute Gasteiger partial charge is 0.361 e. The lowest BCUT2D eigenvalue weighted by atomic mass is 9.92. The van der Waals surface area contributed by atoms with Crippen LogP contribution < -0.4 is 4.72 Å². The van der Waals surface area contributed by atoms with Crippen LogP contribution in [0, 0.1) is 5.41 Å². The van der Waals surface area contributed by atoms with Crippen LogP contribution in [-0.4, -0.2) is 49.6 Å². The number of hydrogen-bond acceptors (Lipinski definition) is 3. The van der Waals surface area contributed by atoms with Crippen LogP contribution in [0.5, 0.6) is 0 Å². The van der Waals surface area contributed by atoms with Gasteiger partial charge in [0.1, 0.15) is 0 Å². The maximum absolute atomic E-state index is 12.7. The van der Waals surface area contributed by atoms with Crippen molar-refractivity contribution in [2.24, 2.45) is 5.41 Å². The molecule has 1 unspecified atom stereocenters. The number of carbonyl (C=O) groups is 1. The molecule has 1 aliphatic heterocycles. The van der Waals surface area contributed by atoms with Gasteiger partial charge in [-0.05, 0) is 48.9 Å². The highest BCUT2D eigenvalue weighted by Crippen LogP contribution is 2.54. The fraction of sp³-hybridized carbons (Fsp3) is 0.471. The van der Waals surface area contributed by atoms with E-state index in [4.69, 9.17) is 0 Å². The minimum atomic E-state index is -3.16. The van der Waals surface area contributed by atoms with Gasteiger partial charge >= 0.3 is 0 Å². The van der Waals surface area contributed by atoms with Crippen molar-refractivity contribution in [2.75, 3.05) is 19.3 Å². The van der Waals surface area contributed by atoms with Gasteiger partial charge in [0.05, 0.1) is 6.26 Å². The second-order valence-electron chi connectivity index (χ2n) is 7.08. The number of amides is 1. The number of rotatable bonds is 3. The molecule has 0 radical (unpaired) electrons. The molecule has 1 aromatic heterocycles. The van der Waals surface area contributed by atoms with Gasteiger partial charge in [-0.2, -0.15) is 0 Å². The van der Waals surface area contributed by atoms with Crippen LogP contribution in [0.3, 0.4) is 0 Å². The van der Waals surface area contributed by atoms with E-state index in [-0.39, 0.29) is 17.4 Å². The molecule has 0 bridgehead atoms. The minimum absolute atomic E-state index is 0.0426. The predicted octanol–water partition coefficient (Wildman–Crippen LogP) is 1.71. The molecule has 1 aromatic carbocycles. The summed E-state index contributed by atoms with van der Waals surface area (Å²) in [6, 6.07) is 7.71. The first-order valence-electron chi connectivity index (χ1n) is 8.20. The molecule has 2 fully saturated rings. The molecule has 4 rings (SSSR count). The number of benzene rings is 1. The highest BCUT2D eigenvalue weighted by atomic mass is 32.2. The van der Waals surface area contributed by atoms with E-state index in [2.05, 4.69) is 9.71 Å². The molecule has 128 valence electrons. The molecule has 24 heavy (non-hydrogen) atoms. The van der Waals surface area contributed by atoms with Crippen LogP contribution in [0.2, 0.25) is 0 Å². The van der Waals surface area contributed by atoms with Gasteiger partial charge < -0.3 is 9.88 Å². The summed E-state index contributed by atoms with van der Waals surface area (Å²) in [6.07, 6.45) is 5.68. The number of sulfonamides is 1. The average molecular weight is 347 g/mol. The number of aromatic amines is 1. The minimum Gasteiger partial charge on any atom is -0.361 e. The number of likely N-dealkylation sites (tertiary alicyclic amines) is 1. The number of nitrogens with zero attached hydrogens (tertiary/aromatic N) is 1. The van der Waals surface area contributed by atoms with Crippen molar-refractivity contribution in [2.45, 2.75) is 25.3 Å². The lowest BCUT2D eigenvalue weighted by Gasteiger charge is -2.33. The van der Waals surface area contributed by atoms with Crippen molar-refractivity contribution in [1.82, 2.24) is 14.6 Å². The molecule has 2 N–H and O–H groups in total. The van der Waals surface area contributed by atoms with Gasteiger partial charge in [0.2, 0.25) is 10.0 Å². The van der Waals surface area contributed by atoms with Crippen molar-refractivity contribution >= 4 is 26.8 Å². The Bertz CT molecular complexity index is 895. The first-order valence-corrected chi connectivity index (χ1v) is 10.1. The predicted molar refractivity (Wildman–Crippen MR) is 92.3 cm³/mol. The van der Waals surface area contributed by atoms with Gasteiger partial charge in [0, 0.05) is 41.8 Å². The first kappa shape index (κ1) is 15.7. The average Bonchev–Trinajstić information content (AvgIpc) is 2.97. The number of hydrogen-bond donors (Lipinski definition) is 2. The number of piperidine rings is 1. The zero-order valence-corrected chi connectivity index (χ0v) is 14.4. The SMILES string of the molecule is CS(=O)(=O)NC1CC12CCN(C(=O)c1ccc3[nH]ccc3c1)CC2. The molecular formula is C17H21N3O3S. The third-order valence-corrected chi connectivity index (χ3v) is 6.11. The molecule has 2 aliphatic rings. The van der Waals surface area contributed by atoms with Gasteiger partial charge in [0.25, 0.3) is 5.91 Å². The van der Waals surface area contributed by atoms with Crippen LogP contribution in [0.1, 0.15) is 29.6 Å². The molecule has 1 saturated carbocycles. The fourth-order valence-electron chi connectivity index (χ4n) is 3.85. The summed E-state index contributed by atoms with van der Waals surface area (Å²) in [5.41, 5.74) is 1.79. The number of nitrogens with one attached hydrogen (secondary N) is 2.